The van der Waals surface area contributed by atoms with Crippen molar-refractivity contribution >= 4 is 22.2 Å². The number of hydrogen-bond acceptors (Lipinski definition) is 3. The molecule has 0 unspecified atom stereocenters. The van der Waals surface area contributed by atoms with Gasteiger partial charge in [0.05, 0.1) is 5.41 Å². The Kier molecular flexibility index (Phi) is 12.4. The average Bonchev–Trinajstić information content (AvgIpc) is 2.56. The van der Waals surface area contributed by atoms with Gasteiger partial charge in [-0.05, 0) is 30.9 Å². The zero-order chi connectivity index (χ0) is 19.1. The molecule has 0 saturated carbocycles. The Morgan fingerprint density at radius 2 is 1.72 bits per heavy atom. The maximum absolute atomic E-state index is 10.7. The second-order valence-corrected chi connectivity index (χ2v) is 6.78. The summed E-state index contributed by atoms with van der Waals surface area (Å²) in [6.07, 6.45) is 9.23. The van der Waals surface area contributed by atoms with Gasteiger partial charge in [0.25, 0.3) is 10.1 Å². The van der Waals surface area contributed by atoms with Crippen LogP contribution >= 0.6 is 0 Å². The molecule has 6 heteroatoms. The normalized spacial score (nSPS) is 11.9. The largest absolute Gasteiger partial charge is 0.478 e. The molecule has 1 aromatic carbocycles. The molecule has 0 atom stereocenters. The van der Waals surface area contributed by atoms with Crippen LogP contribution < -0.4 is 0 Å². The molecule has 0 aliphatic carbocycles. The molecule has 0 aliphatic heterocycles. The van der Waals surface area contributed by atoms with Gasteiger partial charge in [0.1, 0.15) is 0 Å². The number of aliphatic carboxylic acids is 1. The summed E-state index contributed by atoms with van der Waals surface area (Å²) in [5, 5.41) is 9.54. The highest BCUT2D eigenvalue weighted by Gasteiger charge is 2.04. The van der Waals surface area contributed by atoms with E-state index in [1.165, 1.54) is 18.9 Å². The Bertz CT molecular complexity index is 646. The summed E-state index contributed by atoms with van der Waals surface area (Å²) in [6.45, 7) is 4.12. The van der Waals surface area contributed by atoms with Gasteiger partial charge in [-0.2, -0.15) is 8.42 Å². The van der Waals surface area contributed by atoms with Gasteiger partial charge in [0.15, 0.2) is 0 Å². The maximum Gasteiger partial charge on any atom is 0.331 e. The van der Waals surface area contributed by atoms with Crippen molar-refractivity contribution in [2.24, 2.45) is 0 Å². The van der Waals surface area contributed by atoms with E-state index in [0.29, 0.717) is 5.57 Å². The van der Waals surface area contributed by atoms with Crippen LogP contribution in [0.15, 0.2) is 47.4 Å². The number of rotatable bonds is 9. The van der Waals surface area contributed by atoms with Crippen molar-refractivity contribution in [2.75, 3.05) is 0 Å². The number of carboxylic acids is 1. The molecular formula is C19H28O5S. The molecule has 0 amide bonds. The molecule has 0 spiro atoms. The first kappa shape index (κ1) is 23.1. The standard InChI is InChI=1S/C11H20O2.C8H8O3S/c1-3-5-6-7-9-10(8-4-2)11(12)13;9-12(10,11)7-6-8-4-2-1-3-5-8/h8H,3-7,9H2,1-2H3,(H,12,13);1-7H,(H,9,10,11). The van der Waals surface area contributed by atoms with Crippen LogP contribution in [0.1, 0.15) is 57.9 Å². The van der Waals surface area contributed by atoms with Crippen molar-refractivity contribution in [1.82, 2.24) is 0 Å². The Morgan fingerprint density at radius 1 is 1.08 bits per heavy atom. The lowest BCUT2D eigenvalue weighted by atomic mass is 10.1. The molecule has 0 aliphatic rings. The first-order chi connectivity index (χ1) is 11.8. The molecule has 2 N–H and O–H groups in total. The lowest BCUT2D eigenvalue weighted by Crippen LogP contribution is -2.00. The summed E-state index contributed by atoms with van der Waals surface area (Å²) in [7, 11) is -4.00. The lowest BCUT2D eigenvalue weighted by molar-refractivity contribution is -0.132. The zero-order valence-corrected chi connectivity index (χ0v) is 15.7. The molecule has 0 aromatic heterocycles. The molecule has 0 radical (unpaired) electrons. The Balaban J connectivity index is 0.000000462. The zero-order valence-electron chi connectivity index (χ0n) is 14.9. The molecule has 5 nitrogen and oxygen atoms in total. The third kappa shape index (κ3) is 14.2. The van der Waals surface area contributed by atoms with Gasteiger partial charge in [-0.25, -0.2) is 4.79 Å². The minimum Gasteiger partial charge on any atom is -0.478 e. The van der Waals surface area contributed by atoms with E-state index in [2.05, 4.69) is 6.92 Å². The average molecular weight is 368 g/mol. The molecule has 1 aromatic rings. The highest BCUT2D eigenvalue weighted by atomic mass is 32.2. The van der Waals surface area contributed by atoms with Gasteiger partial charge in [-0.15, -0.1) is 0 Å². The molecular weight excluding hydrogens is 340 g/mol. The van der Waals surface area contributed by atoms with Crippen molar-refractivity contribution in [3.8, 4) is 0 Å². The van der Waals surface area contributed by atoms with Gasteiger partial charge in [-0.3, -0.25) is 4.55 Å². The van der Waals surface area contributed by atoms with Crippen LogP contribution in [0.5, 0.6) is 0 Å². The van der Waals surface area contributed by atoms with Crippen LogP contribution in [0.2, 0.25) is 0 Å². The minimum absolute atomic E-state index is 0.582. The third-order valence-corrected chi connectivity index (χ3v) is 3.74. The molecule has 25 heavy (non-hydrogen) atoms. The van der Waals surface area contributed by atoms with E-state index in [1.54, 1.807) is 24.3 Å². The van der Waals surface area contributed by atoms with Crippen LogP contribution in [0.3, 0.4) is 0 Å². The van der Waals surface area contributed by atoms with Crippen molar-refractivity contribution in [3.63, 3.8) is 0 Å². The minimum atomic E-state index is -4.00. The summed E-state index contributed by atoms with van der Waals surface area (Å²) in [5.74, 6) is -0.752. The summed E-state index contributed by atoms with van der Waals surface area (Å²) in [4.78, 5) is 10.7. The van der Waals surface area contributed by atoms with Gasteiger partial charge in [0, 0.05) is 5.57 Å². The fourth-order valence-corrected chi connectivity index (χ4v) is 2.34. The fourth-order valence-electron chi connectivity index (χ4n) is 2.01. The first-order valence-corrected chi connectivity index (χ1v) is 9.93. The van der Waals surface area contributed by atoms with E-state index in [-0.39, 0.29) is 0 Å². The third-order valence-electron chi connectivity index (χ3n) is 3.26. The highest BCUT2D eigenvalue weighted by molar-refractivity contribution is 7.88. The Morgan fingerprint density at radius 3 is 2.20 bits per heavy atom. The SMILES string of the molecule is CCC=C(CCCCCC)C(=O)O.O=S(=O)(O)C=Cc1ccccc1. The van der Waals surface area contributed by atoms with Crippen molar-refractivity contribution in [1.29, 1.82) is 0 Å². The number of carboxylic acid groups (broad SMARTS) is 1. The van der Waals surface area contributed by atoms with E-state index >= 15 is 0 Å². The summed E-state index contributed by atoms with van der Waals surface area (Å²) in [6, 6.07) is 8.86. The number of benzene rings is 1. The van der Waals surface area contributed by atoms with Crippen LogP contribution in [0.4, 0.5) is 0 Å². The van der Waals surface area contributed by atoms with Gasteiger partial charge >= 0.3 is 5.97 Å². The second-order valence-electron chi connectivity index (χ2n) is 5.48. The van der Waals surface area contributed by atoms with Gasteiger partial charge < -0.3 is 5.11 Å². The molecule has 1 rings (SSSR count). The topological polar surface area (TPSA) is 91.7 Å². The number of carbonyl (C=O) groups is 1. The van der Waals surface area contributed by atoms with E-state index in [9.17, 15) is 13.2 Å². The van der Waals surface area contributed by atoms with Gasteiger partial charge in [-0.1, -0.05) is 69.5 Å². The predicted molar refractivity (Wildman–Crippen MR) is 102 cm³/mol. The van der Waals surface area contributed by atoms with Crippen LogP contribution in [0, 0.1) is 0 Å². The predicted octanol–water partition coefficient (Wildman–Crippen LogP) is 4.92. The van der Waals surface area contributed by atoms with E-state index in [4.69, 9.17) is 9.66 Å². The van der Waals surface area contributed by atoms with E-state index in [1.807, 2.05) is 19.1 Å². The van der Waals surface area contributed by atoms with Crippen molar-refractivity contribution < 1.29 is 22.9 Å². The molecule has 0 saturated heterocycles. The number of allylic oxidation sites excluding steroid dienone is 1. The lowest BCUT2D eigenvalue weighted by Gasteiger charge is -2.01. The van der Waals surface area contributed by atoms with Crippen molar-refractivity contribution in [2.45, 2.75) is 52.4 Å². The second kappa shape index (κ2) is 13.4. The summed E-state index contributed by atoms with van der Waals surface area (Å²) >= 11 is 0. The van der Waals surface area contributed by atoms with E-state index < -0.39 is 16.1 Å². The fraction of sp³-hybridized carbons (Fsp3) is 0.421. The van der Waals surface area contributed by atoms with Crippen LogP contribution in [-0.2, 0) is 14.9 Å². The number of unbranched alkanes of at least 4 members (excludes halogenated alkanes) is 3. The van der Waals surface area contributed by atoms with Crippen LogP contribution in [0.25, 0.3) is 6.08 Å². The van der Waals surface area contributed by atoms with Crippen LogP contribution in [-0.4, -0.2) is 24.0 Å². The van der Waals surface area contributed by atoms with Crippen molar-refractivity contribution in [3.05, 3.63) is 53.0 Å². The number of hydrogen-bond donors (Lipinski definition) is 2. The highest BCUT2D eigenvalue weighted by Crippen LogP contribution is 2.11. The van der Waals surface area contributed by atoms with E-state index in [0.717, 1.165) is 36.7 Å². The van der Waals surface area contributed by atoms with Gasteiger partial charge in [0.2, 0.25) is 0 Å². The molecule has 0 fully saturated rings. The smallest absolute Gasteiger partial charge is 0.331 e. The monoisotopic (exact) mass is 368 g/mol. The Hall–Kier alpha value is -1.92. The first-order valence-electron chi connectivity index (χ1n) is 8.43. The molecule has 0 heterocycles. The maximum atomic E-state index is 10.7. The molecule has 140 valence electrons. The quantitative estimate of drug-likeness (QED) is 0.366. The molecule has 0 bridgehead atoms. The Labute approximate surface area is 150 Å². The summed E-state index contributed by atoms with van der Waals surface area (Å²) in [5.41, 5.74) is 1.31. The summed E-state index contributed by atoms with van der Waals surface area (Å²) < 4.78 is 28.9.